The molecule has 5 rings (SSSR count). The van der Waals surface area contributed by atoms with Gasteiger partial charge in [-0.1, -0.05) is 53.9 Å². The van der Waals surface area contributed by atoms with Crippen molar-refractivity contribution in [3.63, 3.8) is 0 Å². The molecule has 11 heteroatoms. The molecule has 5 fully saturated rings. The molecule has 4 saturated carbocycles. The van der Waals surface area contributed by atoms with Crippen molar-refractivity contribution in [2.45, 2.75) is 148 Å². The molecular weight excluding hydrogens is 588 g/mol. The van der Waals surface area contributed by atoms with Crippen molar-refractivity contribution in [2.75, 3.05) is 6.61 Å². The fourth-order valence-corrected chi connectivity index (χ4v) is 11.5. The van der Waals surface area contributed by atoms with E-state index in [0.29, 0.717) is 48.9 Å². The lowest BCUT2D eigenvalue weighted by atomic mass is 9.43. The van der Waals surface area contributed by atoms with Gasteiger partial charge in [0.05, 0.1) is 18.8 Å². The van der Waals surface area contributed by atoms with E-state index in [1.54, 1.807) is 0 Å². The third-order valence-electron chi connectivity index (χ3n) is 13.2. The Morgan fingerprint density at radius 3 is 2.20 bits per heavy atom. The Kier molecular flexibility index (Phi) is 10.5. The molecule has 256 valence electrons. The molecule has 0 spiro atoms. The molecule has 5 N–H and O–H groups in total. The molecule has 44 heavy (non-hydrogen) atoms. The smallest absolute Gasteiger partial charge is 0.394 e. The Hall–Kier alpha value is -0.370. The van der Waals surface area contributed by atoms with Crippen LogP contribution >= 0.6 is 0 Å². The molecule has 0 aromatic heterocycles. The number of hydrogen-bond donors (Lipinski definition) is 5. The van der Waals surface area contributed by atoms with Gasteiger partial charge in [0, 0.05) is 0 Å². The van der Waals surface area contributed by atoms with E-state index in [4.69, 9.17) is 13.7 Å². The van der Waals surface area contributed by atoms with Crippen molar-refractivity contribution >= 4 is 10.4 Å². The maximum atomic E-state index is 12.2. The van der Waals surface area contributed by atoms with Crippen LogP contribution < -0.4 is 0 Å². The van der Waals surface area contributed by atoms with Crippen LogP contribution in [0, 0.1) is 52.3 Å². The Bertz CT molecular complexity index is 1080. The summed E-state index contributed by atoms with van der Waals surface area (Å²) >= 11 is 0. The summed E-state index contributed by atoms with van der Waals surface area (Å²) in [7, 11) is -4.69. The number of hydrogen-bond acceptors (Lipinski definition) is 9. The van der Waals surface area contributed by atoms with E-state index in [9.17, 15) is 33.4 Å². The van der Waals surface area contributed by atoms with Gasteiger partial charge in [-0.2, -0.15) is 8.42 Å². The van der Waals surface area contributed by atoms with Crippen LogP contribution in [-0.4, -0.2) is 82.9 Å². The Balaban J connectivity index is 1.34. The lowest BCUT2D eigenvalue weighted by Gasteiger charge is -2.63. The zero-order valence-corrected chi connectivity index (χ0v) is 28.1. The SMILES string of the molecule is CC(C)CCCC(C)C1CCC2C3CC(OS(=O)(=O)O)C4CC(OC5OC(CO)C(O)C(O)C5O)CCC4(C)C3CCC12C. The van der Waals surface area contributed by atoms with Crippen LogP contribution in [0.25, 0.3) is 0 Å². The highest BCUT2D eigenvalue weighted by molar-refractivity contribution is 7.80. The van der Waals surface area contributed by atoms with E-state index >= 15 is 0 Å². The largest absolute Gasteiger partial charge is 0.397 e. The van der Waals surface area contributed by atoms with E-state index in [1.807, 2.05) is 0 Å². The van der Waals surface area contributed by atoms with Gasteiger partial charge in [-0.05, 0) is 104 Å². The topological polar surface area (TPSA) is 163 Å². The highest BCUT2D eigenvalue weighted by Gasteiger charge is 2.63. The van der Waals surface area contributed by atoms with Gasteiger partial charge < -0.3 is 29.9 Å². The Morgan fingerprint density at radius 1 is 0.864 bits per heavy atom. The summed E-state index contributed by atoms with van der Waals surface area (Å²) in [5, 5.41) is 40.6. The first-order valence-corrected chi connectivity index (χ1v) is 18.6. The second-order valence-corrected chi connectivity index (χ2v) is 17.1. The standard InChI is InChI=1S/C33H58O10S/c1-18(2)7-6-8-19(3)22-9-10-23-21-16-26(43-44(38,39)40)25-15-20(11-13-33(25,5)24(21)12-14-32(22,23)4)41-31-30(37)29(36)28(35)27(17-34)42-31/h18-31,34-37H,6-17H2,1-5H3,(H,38,39,40). The van der Waals surface area contributed by atoms with Crippen LogP contribution in [0.4, 0.5) is 0 Å². The monoisotopic (exact) mass is 646 g/mol. The van der Waals surface area contributed by atoms with Crippen molar-refractivity contribution < 1.29 is 47.1 Å². The first-order valence-electron chi connectivity index (χ1n) is 17.2. The predicted molar refractivity (Wildman–Crippen MR) is 164 cm³/mol. The molecule has 0 bridgehead atoms. The highest BCUT2D eigenvalue weighted by atomic mass is 32.3. The average Bonchev–Trinajstić information content (AvgIpc) is 3.30. The van der Waals surface area contributed by atoms with Crippen LogP contribution in [0.3, 0.4) is 0 Å². The minimum Gasteiger partial charge on any atom is -0.394 e. The summed E-state index contributed by atoms with van der Waals surface area (Å²) in [5.41, 5.74) is 0.00345. The Morgan fingerprint density at radius 2 is 1.55 bits per heavy atom. The average molecular weight is 647 g/mol. The summed E-state index contributed by atoms with van der Waals surface area (Å²) in [5.74, 6) is 3.06. The van der Waals surface area contributed by atoms with Crippen LogP contribution in [-0.2, 0) is 24.1 Å². The van der Waals surface area contributed by atoms with Crippen LogP contribution in [0.5, 0.6) is 0 Å². The van der Waals surface area contributed by atoms with Crippen molar-refractivity contribution in [3.8, 4) is 0 Å². The van der Waals surface area contributed by atoms with Crippen molar-refractivity contribution in [1.82, 2.24) is 0 Å². The Labute approximate surface area is 264 Å². The zero-order chi connectivity index (χ0) is 32.2. The van der Waals surface area contributed by atoms with E-state index in [-0.39, 0.29) is 16.7 Å². The molecule has 10 nitrogen and oxygen atoms in total. The summed E-state index contributed by atoms with van der Waals surface area (Å²) in [6.45, 7) is 11.2. The molecule has 1 heterocycles. The molecule has 1 aliphatic heterocycles. The van der Waals surface area contributed by atoms with Gasteiger partial charge in [-0.15, -0.1) is 0 Å². The molecule has 1 saturated heterocycles. The second-order valence-electron chi connectivity index (χ2n) is 16.0. The van der Waals surface area contributed by atoms with Crippen molar-refractivity contribution in [1.29, 1.82) is 0 Å². The second kappa shape index (κ2) is 13.3. The maximum absolute atomic E-state index is 12.2. The summed E-state index contributed by atoms with van der Waals surface area (Å²) in [4.78, 5) is 0. The molecule has 0 amide bonds. The fourth-order valence-electron chi connectivity index (χ4n) is 11.0. The van der Waals surface area contributed by atoms with Crippen LogP contribution in [0.2, 0.25) is 0 Å². The maximum Gasteiger partial charge on any atom is 0.397 e. The van der Waals surface area contributed by atoms with Gasteiger partial charge in [-0.25, -0.2) is 4.18 Å². The lowest BCUT2D eigenvalue weighted by molar-refractivity contribution is -0.317. The van der Waals surface area contributed by atoms with Gasteiger partial charge in [0.1, 0.15) is 24.4 Å². The van der Waals surface area contributed by atoms with E-state index in [1.165, 1.54) is 32.1 Å². The molecule has 0 aromatic carbocycles. The summed E-state index contributed by atoms with van der Waals surface area (Å²) in [6, 6.07) is 0. The first kappa shape index (κ1) is 35.0. The van der Waals surface area contributed by atoms with Gasteiger partial charge >= 0.3 is 10.4 Å². The quantitative estimate of drug-likeness (QED) is 0.173. The third kappa shape index (κ3) is 6.65. The molecule has 15 unspecified atom stereocenters. The third-order valence-corrected chi connectivity index (χ3v) is 13.7. The zero-order valence-electron chi connectivity index (χ0n) is 27.3. The minimum atomic E-state index is -4.69. The van der Waals surface area contributed by atoms with E-state index in [0.717, 1.165) is 25.2 Å². The predicted octanol–water partition coefficient (Wildman–Crippen LogP) is 4.09. The number of ether oxygens (including phenoxy) is 2. The molecule has 0 aromatic rings. The van der Waals surface area contributed by atoms with Gasteiger partial charge in [0.2, 0.25) is 0 Å². The lowest BCUT2D eigenvalue weighted by Crippen LogP contribution is -2.61. The van der Waals surface area contributed by atoms with E-state index < -0.39 is 59.9 Å². The fraction of sp³-hybridized carbons (Fsp3) is 1.00. The summed E-state index contributed by atoms with van der Waals surface area (Å²) < 4.78 is 51.5. The molecule has 0 radical (unpaired) electrons. The molecule has 4 aliphatic carbocycles. The summed E-state index contributed by atoms with van der Waals surface area (Å²) in [6.07, 6.45) is 2.94. The normalized spacial score (nSPS) is 48.4. The first-order chi connectivity index (χ1) is 20.6. The van der Waals surface area contributed by atoms with Gasteiger partial charge in [0.25, 0.3) is 0 Å². The van der Waals surface area contributed by atoms with Crippen molar-refractivity contribution in [2.24, 2.45) is 52.3 Å². The minimum absolute atomic E-state index is 0.203. The molecule has 15 atom stereocenters. The number of aliphatic hydroxyl groups excluding tert-OH is 4. The highest BCUT2D eigenvalue weighted by Crippen LogP contribution is 2.69. The van der Waals surface area contributed by atoms with Gasteiger partial charge in [-0.3, -0.25) is 4.55 Å². The molecular formula is C33H58O10S. The number of aliphatic hydroxyl groups is 4. The van der Waals surface area contributed by atoms with E-state index in [2.05, 4.69) is 34.6 Å². The van der Waals surface area contributed by atoms with Crippen molar-refractivity contribution in [3.05, 3.63) is 0 Å². The van der Waals surface area contributed by atoms with Crippen LogP contribution in [0.1, 0.15) is 105 Å². The number of fused-ring (bicyclic) bond motifs is 5. The van der Waals surface area contributed by atoms with Crippen LogP contribution in [0.15, 0.2) is 0 Å². The van der Waals surface area contributed by atoms with Gasteiger partial charge in [0.15, 0.2) is 6.29 Å². The number of rotatable bonds is 10. The molecule has 5 aliphatic rings.